The van der Waals surface area contributed by atoms with Crippen molar-refractivity contribution in [3.8, 4) is 0 Å². The van der Waals surface area contributed by atoms with Gasteiger partial charge in [0.15, 0.2) is 6.61 Å². The molecule has 0 unspecified atom stereocenters. The van der Waals surface area contributed by atoms with E-state index in [1.807, 2.05) is 5.32 Å². The van der Waals surface area contributed by atoms with Crippen molar-refractivity contribution in [2.45, 2.75) is 19.5 Å². The zero-order valence-electron chi connectivity index (χ0n) is 9.71. The molecule has 106 valence electrons. The molecule has 19 heavy (non-hydrogen) atoms. The summed E-state index contributed by atoms with van der Waals surface area (Å²) in [6, 6.07) is 1.35. The van der Waals surface area contributed by atoms with Crippen LogP contribution < -0.4 is 5.32 Å². The van der Waals surface area contributed by atoms with Gasteiger partial charge in [0.2, 0.25) is 0 Å². The van der Waals surface area contributed by atoms with Gasteiger partial charge in [-0.05, 0) is 12.5 Å². The number of halogens is 3. The fourth-order valence-electron chi connectivity index (χ4n) is 1.14. The minimum atomic E-state index is -4.63. The summed E-state index contributed by atoms with van der Waals surface area (Å²) in [6.07, 6.45) is -5.43. The van der Waals surface area contributed by atoms with Gasteiger partial charge in [0.25, 0.3) is 0 Å². The lowest BCUT2D eigenvalue weighted by Gasteiger charge is -2.08. The van der Waals surface area contributed by atoms with E-state index in [0.29, 0.717) is 11.3 Å². The highest BCUT2D eigenvalue weighted by Gasteiger charge is 2.30. The van der Waals surface area contributed by atoms with Gasteiger partial charge < -0.3 is 9.84 Å². The minimum absolute atomic E-state index is 0.0449. The molecule has 0 bridgehead atoms. The van der Waals surface area contributed by atoms with Gasteiger partial charge >= 0.3 is 18.2 Å². The number of ether oxygens (including phenoxy) is 1. The maximum absolute atomic E-state index is 11.8. The van der Waals surface area contributed by atoms with E-state index in [-0.39, 0.29) is 10.6 Å². The van der Waals surface area contributed by atoms with Crippen molar-refractivity contribution >= 4 is 28.4 Å². The van der Waals surface area contributed by atoms with Gasteiger partial charge in [-0.1, -0.05) is 6.92 Å². The first kappa shape index (κ1) is 15.3. The van der Waals surface area contributed by atoms with Crippen LogP contribution in [-0.2, 0) is 11.2 Å². The van der Waals surface area contributed by atoms with Crippen LogP contribution in [-0.4, -0.2) is 30.0 Å². The molecule has 1 rings (SSSR count). The molecule has 1 heterocycles. The summed E-state index contributed by atoms with van der Waals surface area (Å²) in [4.78, 5) is 22.7. The van der Waals surface area contributed by atoms with Crippen LogP contribution in [0.2, 0.25) is 0 Å². The van der Waals surface area contributed by atoms with Gasteiger partial charge in [-0.25, -0.2) is 9.59 Å². The summed E-state index contributed by atoms with van der Waals surface area (Å²) >= 11 is 0.975. The highest BCUT2D eigenvalue weighted by atomic mass is 32.1. The minimum Gasteiger partial charge on any atom is -0.478 e. The molecule has 0 aliphatic rings. The molecule has 1 amide bonds. The highest BCUT2D eigenvalue weighted by molar-refractivity contribution is 7.16. The quantitative estimate of drug-likeness (QED) is 0.895. The fraction of sp³-hybridized carbons (Fsp3) is 0.400. The van der Waals surface area contributed by atoms with Crippen molar-refractivity contribution in [2.24, 2.45) is 0 Å². The molecule has 1 aromatic heterocycles. The number of alkyl halides is 3. The Kier molecular flexibility index (Phi) is 4.76. The first-order valence-corrected chi connectivity index (χ1v) is 5.91. The number of aryl methyl sites for hydroxylation is 1. The van der Waals surface area contributed by atoms with Crippen LogP contribution in [0.25, 0.3) is 0 Å². The van der Waals surface area contributed by atoms with Crippen LogP contribution in [0.3, 0.4) is 0 Å². The van der Waals surface area contributed by atoms with Crippen molar-refractivity contribution in [1.82, 2.24) is 0 Å². The van der Waals surface area contributed by atoms with Crippen LogP contribution in [0.1, 0.15) is 22.2 Å². The summed E-state index contributed by atoms with van der Waals surface area (Å²) in [5.41, 5.74) is -0.175. The standard InChI is InChI=1S/C10H10F3NO4S/c1-2-5-3-6(8(15)16)7(19-5)14-9(17)18-4-10(11,12)13/h3H,2,4H2,1H3,(H,14,17)(H,15,16). The average Bonchev–Trinajstić information content (AvgIpc) is 2.69. The van der Waals surface area contributed by atoms with Gasteiger partial charge in [0.1, 0.15) is 5.00 Å². The number of aromatic carboxylic acids is 1. The Bertz CT molecular complexity index is 484. The van der Waals surface area contributed by atoms with Gasteiger partial charge in [-0.2, -0.15) is 13.2 Å². The predicted molar refractivity (Wildman–Crippen MR) is 61.7 cm³/mol. The molecule has 0 aliphatic carbocycles. The molecule has 0 atom stereocenters. The predicted octanol–water partition coefficient (Wildman–Crippen LogP) is 3.12. The topological polar surface area (TPSA) is 75.6 Å². The molecule has 0 fully saturated rings. The third kappa shape index (κ3) is 4.78. The Morgan fingerprint density at radius 2 is 2.11 bits per heavy atom. The van der Waals surface area contributed by atoms with E-state index >= 15 is 0 Å². The van der Waals surface area contributed by atoms with E-state index < -0.39 is 24.8 Å². The van der Waals surface area contributed by atoms with Crippen molar-refractivity contribution < 1.29 is 32.6 Å². The first-order chi connectivity index (χ1) is 8.73. The second kappa shape index (κ2) is 5.91. The van der Waals surface area contributed by atoms with Crippen molar-refractivity contribution in [1.29, 1.82) is 0 Å². The van der Waals surface area contributed by atoms with Crippen molar-refractivity contribution in [2.75, 3.05) is 11.9 Å². The number of carbonyl (C=O) groups is 2. The summed E-state index contributed by atoms with van der Waals surface area (Å²) in [7, 11) is 0. The summed E-state index contributed by atoms with van der Waals surface area (Å²) in [6.45, 7) is 0.0520. The lowest BCUT2D eigenvalue weighted by molar-refractivity contribution is -0.159. The van der Waals surface area contributed by atoms with Gasteiger partial charge in [-0.15, -0.1) is 11.3 Å². The Labute approximate surface area is 110 Å². The summed E-state index contributed by atoms with van der Waals surface area (Å²) in [5, 5.41) is 10.8. The molecule has 0 saturated carbocycles. The number of carbonyl (C=O) groups excluding carboxylic acids is 1. The number of carboxylic acids is 1. The van der Waals surface area contributed by atoms with Crippen LogP contribution >= 0.6 is 11.3 Å². The molecule has 0 spiro atoms. The Hall–Kier alpha value is -1.77. The van der Waals surface area contributed by atoms with E-state index in [1.54, 1.807) is 6.92 Å². The van der Waals surface area contributed by atoms with E-state index in [1.165, 1.54) is 6.07 Å². The number of anilines is 1. The maximum atomic E-state index is 11.8. The van der Waals surface area contributed by atoms with Crippen LogP contribution in [0.5, 0.6) is 0 Å². The number of amides is 1. The van der Waals surface area contributed by atoms with E-state index in [4.69, 9.17) is 5.11 Å². The average molecular weight is 297 g/mol. The molecule has 0 aliphatic heterocycles. The monoisotopic (exact) mass is 297 g/mol. The second-order valence-corrected chi connectivity index (χ2v) is 4.57. The fourth-order valence-corrected chi connectivity index (χ4v) is 2.12. The molecule has 0 radical (unpaired) electrons. The maximum Gasteiger partial charge on any atom is 0.422 e. The summed E-state index contributed by atoms with van der Waals surface area (Å²) in [5.74, 6) is -1.28. The van der Waals surface area contributed by atoms with Crippen LogP contribution in [0, 0.1) is 0 Å². The van der Waals surface area contributed by atoms with Gasteiger partial charge in [0, 0.05) is 4.88 Å². The number of thiophene rings is 1. The third-order valence-electron chi connectivity index (χ3n) is 1.94. The number of hydrogen-bond donors (Lipinski definition) is 2. The summed E-state index contributed by atoms with van der Waals surface area (Å²) < 4.78 is 39.4. The zero-order valence-corrected chi connectivity index (χ0v) is 10.5. The Balaban J connectivity index is 2.73. The Morgan fingerprint density at radius 3 is 2.58 bits per heavy atom. The molecule has 9 heteroatoms. The first-order valence-electron chi connectivity index (χ1n) is 5.09. The smallest absolute Gasteiger partial charge is 0.422 e. The highest BCUT2D eigenvalue weighted by Crippen LogP contribution is 2.28. The molecular formula is C10H10F3NO4S. The van der Waals surface area contributed by atoms with Crippen LogP contribution in [0.4, 0.5) is 23.0 Å². The van der Waals surface area contributed by atoms with E-state index in [9.17, 15) is 22.8 Å². The largest absolute Gasteiger partial charge is 0.478 e. The number of rotatable bonds is 4. The number of carboxylic acid groups (broad SMARTS) is 1. The van der Waals surface area contributed by atoms with Gasteiger partial charge in [-0.3, -0.25) is 5.32 Å². The second-order valence-electron chi connectivity index (χ2n) is 3.43. The van der Waals surface area contributed by atoms with Crippen molar-refractivity contribution in [3.05, 3.63) is 16.5 Å². The van der Waals surface area contributed by atoms with Crippen LogP contribution in [0.15, 0.2) is 6.07 Å². The Morgan fingerprint density at radius 1 is 1.47 bits per heavy atom. The number of hydrogen-bond acceptors (Lipinski definition) is 4. The number of nitrogens with one attached hydrogen (secondary N) is 1. The molecule has 2 N–H and O–H groups in total. The zero-order chi connectivity index (χ0) is 14.6. The van der Waals surface area contributed by atoms with Gasteiger partial charge in [0.05, 0.1) is 5.56 Å². The van der Waals surface area contributed by atoms with E-state index in [2.05, 4.69) is 4.74 Å². The lowest BCUT2D eigenvalue weighted by Crippen LogP contribution is -2.23. The van der Waals surface area contributed by atoms with Crippen molar-refractivity contribution in [3.63, 3.8) is 0 Å². The molecular weight excluding hydrogens is 287 g/mol. The third-order valence-corrected chi connectivity index (χ3v) is 3.14. The normalized spacial score (nSPS) is 11.2. The molecule has 5 nitrogen and oxygen atoms in total. The molecule has 1 aromatic rings. The molecule has 0 saturated heterocycles. The molecule has 0 aromatic carbocycles. The lowest BCUT2D eigenvalue weighted by atomic mass is 10.2. The SMILES string of the molecule is CCc1cc(C(=O)O)c(NC(=O)OCC(F)(F)F)s1. The van der Waals surface area contributed by atoms with E-state index in [0.717, 1.165) is 11.3 Å².